The molecule has 0 spiro atoms. The minimum absolute atomic E-state index is 0.135. The zero-order valence-electron chi connectivity index (χ0n) is 9.77. The number of amides is 1. The van der Waals surface area contributed by atoms with Crippen LogP contribution in [-0.2, 0) is 0 Å². The number of hydrogen-bond acceptors (Lipinski definition) is 3. The Balaban J connectivity index is 2.13. The number of halogens is 2. The fourth-order valence-corrected chi connectivity index (χ4v) is 3.55. The van der Waals surface area contributed by atoms with E-state index in [1.54, 1.807) is 6.07 Å². The Kier molecular flexibility index (Phi) is 5.15. The number of carbonyl (C=O) groups excluding carboxylic acids is 1. The summed E-state index contributed by atoms with van der Waals surface area (Å²) in [4.78, 5) is 12.7. The van der Waals surface area contributed by atoms with Gasteiger partial charge >= 0.3 is 0 Å². The predicted octanol–water partition coefficient (Wildman–Crippen LogP) is 3.74. The van der Waals surface area contributed by atoms with Crippen molar-refractivity contribution in [2.75, 3.05) is 6.61 Å². The molecule has 19 heavy (non-hydrogen) atoms. The zero-order valence-corrected chi connectivity index (χ0v) is 13.8. The predicted molar refractivity (Wildman–Crippen MR) is 83.5 cm³/mol. The molecule has 6 heteroatoms. The van der Waals surface area contributed by atoms with Gasteiger partial charge in [0.2, 0.25) is 0 Å². The summed E-state index contributed by atoms with van der Waals surface area (Å²) in [7, 11) is 0. The van der Waals surface area contributed by atoms with Gasteiger partial charge in [-0.1, -0.05) is 30.3 Å². The Morgan fingerprint density at radius 2 is 2.00 bits per heavy atom. The highest BCUT2D eigenvalue weighted by atomic mass is 79.9. The van der Waals surface area contributed by atoms with Crippen LogP contribution in [0.3, 0.4) is 0 Å². The van der Waals surface area contributed by atoms with Gasteiger partial charge in [0.05, 0.1) is 21.3 Å². The summed E-state index contributed by atoms with van der Waals surface area (Å²) < 4.78 is 1.72. The highest BCUT2D eigenvalue weighted by molar-refractivity contribution is 9.13. The van der Waals surface area contributed by atoms with Gasteiger partial charge in [-0.3, -0.25) is 4.79 Å². The minimum atomic E-state index is -0.395. The van der Waals surface area contributed by atoms with Gasteiger partial charge in [0.25, 0.3) is 5.91 Å². The van der Waals surface area contributed by atoms with Crippen molar-refractivity contribution in [2.24, 2.45) is 0 Å². The van der Waals surface area contributed by atoms with Crippen molar-refractivity contribution in [2.45, 2.75) is 6.04 Å². The third kappa shape index (κ3) is 3.66. The summed E-state index contributed by atoms with van der Waals surface area (Å²) >= 11 is 8.05. The van der Waals surface area contributed by atoms with E-state index in [0.717, 1.165) is 13.8 Å². The lowest BCUT2D eigenvalue weighted by Gasteiger charge is -2.16. The second-order valence-corrected chi connectivity index (χ2v) is 7.08. The Morgan fingerprint density at radius 1 is 1.32 bits per heavy atom. The van der Waals surface area contributed by atoms with Crippen LogP contribution in [0.2, 0.25) is 0 Å². The molecule has 1 atom stereocenters. The van der Waals surface area contributed by atoms with Crippen LogP contribution in [-0.4, -0.2) is 17.6 Å². The second-order valence-electron chi connectivity index (χ2n) is 3.85. The first-order valence-electron chi connectivity index (χ1n) is 5.53. The van der Waals surface area contributed by atoms with E-state index < -0.39 is 6.04 Å². The van der Waals surface area contributed by atoms with Crippen LogP contribution in [0.5, 0.6) is 0 Å². The summed E-state index contributed by atoms with van der Waals surface area (Å²) in [5.74, 6) is -0.195. The standard InChI is InChI=1S/C13H11Br2NO2S/c14-9-6-11(19-12(9)15)13(18)16-10(7-17)8-4-2-1-3-5-8/h1-6,10,17H,7H2,(H,16,18)/t10-/m0/s1. The molecule has 0 fully saturated rings. The van der Waals surface area contributed by atoms with E-state index >= 15 is 0 Å². The Bertz CT molecular complexity index is 552. The fraction of sp³-hybridized carbons (Fsp3) is 0.154. The topological polar surface area (TPSA) is 49.3 Å². The Labute approximate surface area is 131 Å². The van der Waals surface area contributed by atoms with Gasteiger partial charge in [-0.25, -0.2) is 0 Å². The molecule has 2 rings (SSSR count). The number of aliphatic hydroxyl groups excluding tert-OH is 1. The van der Waals surface area contributed by atoms with Crippen LogP contribution in [0.25, 0.3) is 0 Å². The lowest BCUT2D eigenvalue weighted by Crippen LogP contribution is -2.30. The van der Waals surface area contributed by atoms with Crippen LogP contribution in [0.4, 0.5) is 0 Å². The molecule has 0 saturated carbocycles. The molecule has 0 radical (unpaired) electrons. The molecular formula is C13H11Br2NO2S. The average molecular weight is 405 g/mol. The third-order valence-electron chi connectivity index (χ3n) is 2.56. The first-order chi connectivity index (χ1) is 9.11. The molecule has 1 heterocycles. The molecule has 1 aromatic carbocycles. The molecule has 0 aliphatic carbocycles. The molecule has 1 amide bonds. The van der Waals surface area contributed by atoms with E-state index in [1.165, 1.54) is 11.3 Å². The number of rotatable bonds is 4. The lowest BCUT2D eigenvalue weighted by atomic mass is 10.1. The molecule has 0 unspecified atom stereocenters. The molecule has 0 aliphatic rings. The molecule has 100 valence electrons. The summed E-state index contributed by atoms with van der Waals surface area (Å²) in [5, 5.41) is 12.2. The summed E-state index contributed by atoms with van der Waals surface area (Å²) in [6.45, 7) is -0.135. The highest BCUT2D eigenvalue weighted by Gasteiger charge is 2.17. The van der Waals surface area contributed by atoms with Gasteiger partial charge in [-0.2, -0.15) is 0 Å². The molecule has 1 aromatic heterocycles. The van der Waals surface area contributed by atoms with Crippen LogP contribution < -0.4 is 5.32 Å². The first-order valence-corrected chi connectivity index (χ1v) is 7.93. The molecule has 0 saturated heterocycles. The van der Waals surface area contributed by atoms with Crippen molar-refractivity contribution in [3.8, 4) is 0 Å². The summed E-state index contributed by atoms with van der Waals surface area (Å²) in [6.07, 6.45) is 0. The SMILES string of the molecule is O=C(N[C@@H](CO)c1ccccc1)c1cc(Br)c(Br)s1. The van der Waals surface area contributed by atoms with Crippen molar-refractivity contribution < 1.29 is 9.90 Å². The first kappa shape index (κ1) is 14.7. The van der Waals surface area contributed by atoms with Gasteiger partial charge in [0.1, 0.15) is 0 Å². The largest absolute Gasteiger partial charge is 0.394 e. The monoisotopic (exact) mass is 403 g/mol. The quantitative estimate of drug-likeness (QED) is 0.815. The van der Waals surface area contributed by atoms with Gasteiger partial charge in [-0.05, 0) is 43.5 Å². The van der Waals surface area contributed by atoms with Crippen LogP contribution in [0, 0.1) is 0 Å². The van der Waals surface area contributed by atoms with E-state index in [1.807, 2.05) is 30.3 Å². The van der Waals surface area contributed by atoms with E-state index in [2.05, 4.69) is 37.2 Å². The maximum Gasteiger partial charge on any atom is 0.261 e. The normalized spacial score (nSPS) is 12.2. The van der Waals surface area contributed by atoms with Crippen molar-refractivity contribution >= 4 is 49.1 Å². The third-order valence-corrected chi connectivity index (χ3v) is 5.81. The van der Waals surface area contributed by atoms with Crippen LogP contribution >= 0.6 is 43.2 Å². The number of thiophene rings is 1. The molecule has 3 nitrogen and oxygen atoms in total. The molecule has 0 bridgehead atoms. The molecule has 2 aromatic rings. The van der Waals surface area contributed by atoms with E-state index in [-0.39, 0.29) is 12.5 Å². The second kappa shape index (κ2) is 6.65. The summed E-state index contributed by atoms with van der Waals surface area (Å²) in [5.41, 5.74) is 0.882. The maximum absolute atomic E-state index is 12.1. The minimum Gasteiger partial charge on any atom is -0.394 e. The molecule has 0 aliphatic heterocycles. The van der Waals surface area contributed by atoms with E-state index in [9.17, 15) is 9.90 Å². The van der Waals surface area contributed by atoms with Crippen molar-refractivity contribution in [1.29, 1.82) is 0 Å². The van der Waals surface area contributed by atoms with Gasteiger partial charge < -0.3 is 10.4 Å². The fourth-order valence-electron chi connectivity index (χ4n) is 1.61. The Morgan fingerprint density at radius 3 is 2.53 bits per heavy atom. The van der Waals surface area contributed by atoms with E-state index in [0.29, 0.717) is 4.88 Å². The number of carbonyl (C=O) groups is 1. The number of nitrogens with one attached hydrogen (secondary N) is 1. The van der Waals surface area contributed by atoms with Crippen LogP contribution in [0.15, 0.2) is 44.7 Å². The average Bonchev–Trinajstić information content (AvgIpc) is 2.77. The van der Waals surface area contributed by atoms with Gasteiger partial charge in [0, 0.05) is 4.47 Å². The van der Waals surface area contributed by atoms with Crippen molar-refractivity contribution in [3.05, 3.63) is 55.1 Å². The highest BCUT2D eigenvalue weighted by Crippen LogP contribution is 2.32. The number of hydrogen-bond donors (Lipinski definition) is 2. The zero-order chi connectivity index (χ0) is 13.8. The van der Waals surface area contributed by atoms with Crippen molar-refractivity contribution in [3.63, 3.8) is 0 Å². The van der Waals surface area contributed by atoms with Gasteiger partial charge in [0.15, 0.2) is 0 Å². The maximum atomic E-state index is 12.1. The van der Waals surface area contributed by atoms with E-state index in [4.69, 9.17) is 0 Å². The van der Waals surface area contributed by atoms with Crippen LogP contribution in [0.1, 0.15) is 21.3 Å². The number of benzene rings is 1. The molecular weight excluding hydrogens is 394 g/mol. The Hall–Kier alpha value is -0.690. The molecule has 2 N–H and O–H groups in total. The summed E-state index contributed by atoms with van der Waals surface area (Å²) in [6, 6.07) is 10.8. The van der Waals surface area contributed by atoms with Gasteiger partial charge in [-0.15, -0.1) is 11.3 Å². The number of aliphatic hydroxyl groups is 1. The lowest BCUT2D eigenvalue weighted by molar-refractivity contribution is 0.0920. The van der Waals surface area contributed by atoms with Crippen molar-refractivity contribution in [1.82, 2.24) is 5.32 Å². The smallest absolute Gasteiger partial charge is 0.261 e.